The molecule has 0 radical (unpaired) electrons. The quantitative estimate of drug-likeness (QED) is 0.924. The molecule has 0 spiro atoms. The number of hydrogen-bond acceptors (Lipinski definition) is 3. The first-order valence-electron chi connectivity index (χ1n) is 5.89. The average molecular weight is 291 g/mol. The molecule has 1 heterocycles. The number of aliphatic hydroxyl groups excluding tert-OH is 1. The van der Waals surface area contributed by atoms with Gasteiger partial charge in [-0.05, 0) is 25.8 Å². The SMILES string of the molecule is COc1cc(Cl)c(C(O)C2CCC(C)O2)cc1Cl. The largest absolute Gasteiger partial charge is 0.495 e. The molecule has 0 aromatic heterocycles. The van der Waals surface area contributed by atoms with Crippen LogP contribution in [0.25, 0.3) is 0 Å². The minimum atomic E-state index is -0.758. The van der Waals surface area contributed by atoms with Crippen molar-refractivity contribution in [3.63, 3.8) is 0 Å². The maximum atomic E-state index is 10.3. The smallest absolute Gasteiger partial charge is 0.138 e. The van der Waals surface area contributed by atoms with Gasteiger partial charge < -0.3 is 14.6 Å². The van der Waals surface area contributed by atoms with E-state index in [0.29, 0.717) is 21.4 Å². The van der Waals surface area contributed by atoms with Gasteiger partial charge in [0.25, 0.3) is 0 Å². The van der Waals surface area contributed by atoms with E-state index >= 15 is 0 Å². The van der Waals surface area contributed by atoms with Crippen LogP contribution in [0.5, 0.6) is 5.75 Å². The zero-order valence-corrected chi connectivity index (χ0v) is 11.8. The summed E-state index contributed by atoms with van der Waals surface area (Å²) in [6.45, 7) is 2.00. The van der Waals surface area contributed by atoms with Gasteiger partial charge in [0.15, 0.2) is 0 Å². The molecular weight excluding hydrogens is 275 g/mol. The van der Waals surface area contributed by atoms with E-state index < -0.39 is 6.10 Å². The van der Waals surface area contributed by atoms with Crippen LogP contribution in [-0.4, -0.2) is 24.4 Å². The van der Waals surface area contributed by atoms with E-state index in [-0.39, 0.29) is 12.2 Å². The minimum Gasteiger partial charge on any atom is -0.495 e. The predicted molar refractivity (Wildman–Crippen MR) is 71.5 cm³/mol. The number of ether oxygens (including phenoxy) is 2. The normalized spacial score (nSPS) is 25.2. The Kier molecular flexibility index (Phi) is 4.38. The predicted octanol–water partition coefficient (Wildman–Crippen LogP) is 3.60. The molecule has 1 fully saturated rings. The van der Waals surface area contributed by atoms with E-state index in [2.05, 4.69) is 0 Å². The molecule has 1 N–H and O–H groups in total. The maximum Gasteiger partial charge on any atom is 0.138 e. The molecular formula is C13H16Cl2O3. The van der Waals surface area contributed by atoms with Crippen molar-refractivity contribution in [1.29, 1.82) is 0 Å². The maximum absolute atomic E-state index is 10.3. The summed E-state index contributed by atoms with van der Waals surface area (Å²) in [4.78, 5) is 0. The highest BCUT2D eigenvalue weighted by molar-refractivity contribution is 6.34. The lowest BCUT2D eigenvalue weighted by Crippen LogP contribution is -2.19. The van der Waals surface area contributed by atoms with Crippen molar-refractivity contribution in [3.8, 4) is 5.75 Å². The lowest BCUT2D eigenvalue weighted by molar-refractivity contribution is -0.0297. The Morgan fingerprint density at radius 2 is 2.06 bits per heavy atom. The van der Waals surface area contributed by atoms with Crippen LogP contribution >= 0.6 is 23.2 Å². The molecule has 18 heavy (non-hydrogen) atoms. The van der Waals surface area contributed by atoms with Gasteiger partial charge in [-0.3, -0.25) is 0 Å². The van der Waals surface area contributed by atoms with E-state index in [1.165, 1.54) is 7.11 Å². The summed E-state index contributed by atoms with van der Waals surface area (Å²) in [5.74, 6) is 0.498. The van der Waals surface area contributed by atoms with Crippen molar-refractivity contribution >= 4 is 23.2 Å². The van der Waals surface area contributed by atoms with Crippen molar-refractivity contribution in [2.24, 2.45) is 0 Å². The van der Waals surface area contributed by atoms with E-state index in [0.717, 1.165) is 12.8 Å². The van der Waals surface area contributed by atoms with E-state index in [1.54, 1.807) is 12.1 Å². The molecule has 1 aromatic rings. The van der Waals surface area contributed by atoms with Crippen LogP contribution in [-0.2, 0) is 4.74 Å². The highest BCUT2D eigenvalue weighted by atomic mass is 35.5. The fraction of sp³-hybridized carbons (Fsp3) is 0.538. The van der Waals surface area contributed by atoms with Crippen molar-refractivity contribution in [2.75, 3.05) is 7.11 Å². The lowest BCUT2D eigenvalue weighted by atomic mass is 10.0. The second-order valence-electron chi connectivity index (χ2n) is 4.52. The van der Waals surface area contributed by atoms with Crippen LogP contribution < -0.4 is 4.74 Å². The van der Waals surface area contributed by atoms with Crippen molar-refractivity contribution < 1.29 is 14.6 Å². The molecule has 1 saturated heterocycles. The van der Waals surface area contributed by atoms with E-state index in [4.69, 9.17) is 32.7 Å². The van der Waals surface area contributed by atoms with Gasteiger partial charge in [-0.25, -0.2) is 0 Å². The summed E-state index contributed by atoms with van der Waals surface area (Å²) in [7, 11) is 1.52. The van der Waals surface area contributed by atoms with Gasteiger partial charge in [-0.2, -0.15) is 0 Å². The third kappa shape index (κ3) is 2.75. The molecule has 5 heteroatoms. The number of methoxy groups -OCH3 is 1. The molecule has 3 unspecified atom stereocenters. The second-order valence-corrected chi connectivity index (χ2v) is 5.33. The summed E-state index contributed by atoms with van der Waals surface area (Å²) in [6.07, 6.45) is 0.968. The summed E-state index contributed by atoms with van der Waals surface area (Å²) in [5, 5.41) is 11.2. The molecule has 1 aliphatic heterocycles. The van der Waals surface area contributed by atoms with Crippen LogP contribution in [0.15, 0.2) is 12.1 Å². The van der Waals surface area contributed by atoms with Crippen molar-refractivity contribution in [2.45, 2.75) is 38.1 Å². The summed E-state index contributed by atoms with van der Waals surface area (Å²) in [5.41, 5.74) is 0.585. The van der Waals surface area contributed by atoms with Gasteiger partial charge >= 0.3 is 0 Å². The Morgan fingerprint density at radius 1 is 1.33 bits per heavy atom. The highest BCUT2D eigenvalue weighted by Crippen LogP contribution is 2.38. The molecule has 0 aliphatic carbocycles. The van der Waals surface area contributed by atoms with E-state index in [1.807, 2.05) is 6.92 Å². The van der Waals surface area contributed by atoms with Gasteiger partial charge in [0, 0.05) is 11.6 Å². The average Bonchev–Trinajstić information content (AvgIpc) is 2.77. The first kappa shape index (κ1) is 13.9. The Labute approximate surface area is 117 Å². The number of aliphatic hydroxyl groups is 1. The lowest BCUT2D eigenvalue weighted by Gasteiger charge is -2.20. The summed E-state index contributed by atoms with van der Waals surface area (Å²) in [6, 6.07) is 3.25. The van der Waals surface area contributed by atoms with Gasteiger partial charge in [-0.15, -0.1) is 0 Å². The first-order chi connectivity index (χ1) is 8.52. The molecule has 3 nitrogen and oxygen atoms in total. The van der Waals surface area contributed by atoms with Crippen LogP contribution in [0.3, 0.4) is 0 Å². The minimum absolute atomic E-state index is 0.178. The van der Waals surface area contributed by atoms with Crippen molar-refractivity contribution in [3.05, 3.63) is 27.7 Å². The summed E-state index contributed by atoms with van der Waals surface area (Å²) < 4.78 is 10.7. The fourth-order valence-corrected chi connectivity index (χ4v) is 2.71. The zero-order valence-electron chi connectivity index (χ0n) is 10.3. The molecule has 1 aromatic carbocycles. The van der Waals surface area contributed by atoms with Crippen molar-refractivity contribution in [1.82, 2.24) is 0 Å². The fourth-order valence-electron chi connectivity index (χ4n) is 2.19. The molecule has 0 amide bonds. The van der Waals surface area contributed by atoms with Crippen LogP contribution in [0.4, 0.5) is 0 Å². The third-order valence-electron chi connectivity index (χ3n) is 3.21. The number of benzene rings is 1. The van der Waals surface area contributed by atoms with E-state index in [9.17, 15) is 5.11 Å². The third-order valence-corrected chi connectivity index (χ3v) is 3.83. The number of hydrogen-bond donors (Lipinski definition) is 1. The second kappa shape index (κ2) is 5.66. The van der Waals surface area contributed by atoms with Gasteiger partial charge in [-0.1, -0.05) is 23.2 Å². The Hall–Kier alpha value is -0.480. The Bertz CT molecular complexity index is 436. The van der Waals surface area contributed by atoms with Crippen LogP contribution in [0.1, 0.15) is 31.4 Å². The number of rotatable bonds is 3. The topological polar surface area (TPSA) is 38.7 Å². The molecule has 100 valence electrons. The summed E-state index contributed by atoms with van der Waals surface area (Å²) >= 11 is 12.2. The van der Waals surface area contributed by atoms with Gasteiger partial charge in [0.2, 0.25) is 0 Å². The molecule has 0 saturated carbocycles. The zero-order chi connectivity index (χ0) is 13.3. The standard InChI is InChI=1S/C13H16Cl2O3/c1-7-3-4-11(18-7)13(16)8-5-10(15)12(17-2)6-9(8)14/h5-7,11,13,16H,3-4H2,1-2H3. The van der Waals surface area contributed by atoms with Crippen LogP contribution in [0.2, 0.25) is 10.0 Å². The molecule has 3 atom stereocenters. The number of halogens is 2. The highest BCUT2D eigenvalue weighted by Gasteiger charge is 2.30. The molecule has 0 bridgehead atoms. The van der Waals surface area contributed by atoms with Crippen LogP contribution in [0, 0.1) is 0 Å². The monoisotopic (exact) mass is 290 g/mol. The van der Waals surface area contributed by atoms with Gasteiger partial charge in [0.05, 0.1) is 29.4 Å². The first-order valence-corrected chi connectivity index (χ1v) is 6.65. The van der Waals surface area contributed by atoms with Gasteiger partial charge in [0.1, 0.15) is 11.9 Å². The Morgan fingerprint density at radius 3 is 2.61 bits per heavy atom. The molecule has 2 rings (SSSR count). The molecule has 1 aliphatic rings. The Balaban J connectivity index is 2.25.